The maximum absolute atomic E-state index is 4.58. The third-order valence-electron chi connectivity index (χ3n) is 2.63. The molecular formula is C11H17N3. The second-order valence-electron chi connectivity index (χ2n) is 4.14. The van der Waals surface area contributed by atoms with E-state index in [1.807, 2.05) is 12.3 Å². The normalized spacial score (nSPS) is 21.8. The van der Waals surface area contributed by atoms with E-state index in [0.717, 1.165) is 18.1 Å². The van der Waals surface area contributed by atoms with Crippen LogP contribution in [0.3, 0.4) is 0 Å². The van der Waals surface area contributed by atoms with Crippen LogP contribution in [0.5, 0.6) is 0 Å². The molecule has 1 aromatic heterocycles. The van der Waals surface area contributed by atoms with Gasteiger partial charge in [-0.15, -0.1) is 0 Å². The van der Waals surface area contributed by atoms with Gasteiger partial charge in [-0.1, -0.05) is 13.8 Å². The summed E-state index contributed by atoms with van der Waals surface area (Å²) in [5, 5.41) is 3.45. The fourth-order valence-electron chi connectivity index (χ4n) is 1.80. The Bertz CT molecular complexity index is 303. The molecule has 0 bridgehead atoms. The largest absolute Gasteiger partial charge is 0.309 e. The zero-order valence-electron chi connectivity index (χ0n) is 8.83. The molecule has 1 aliphatic rings. The first-order valence-corrected chi connectivity index (χ1v) is 5.33. The number of nitrogens with zero attached hydrogens (tertiary/aromatic N) is 2. The minimum Gasteiger partial charge on any atom is -0.309 e. The molecule has 1 N–H and O–H groups in total. The van der Waals surface area contributed by atoms with Crippen LogP contribution in [0.2, 0.25) is 0 Å². The van der Waals surface area contributed by atoms with E-state index < -0.39 is 0 Å². The van der Waals surface area contributed by atoms with Crippen LogP contribution in [0.1, 0.15) is 50.2 Å². The van der Waals surface area contributed by atoms with Crippen LogP contribution in [-0.2, 0) is 0 Å². The molecule has 3 nitrogen and oxygen atoms in total. The highest BCUT2D eigenvalue weighted by molar-refractivity contribution is 5.10. The van der Waals surface area contributed by atoms with Gasteiger partial charge in [-0.3, -0.25) is 0 Å². The van der Waals surface area contributed by atoms with Crippen LogP contribution in [0, 0.1) is 0 Å². The molecule has 1 aliphatic heterocycles. The molecule has 1 aromatic rings. The third kappa shape index (κ3) is 1.93. The summed E-state index contributed by atoms with van der Waals surface area (Å²) in [6.45, 7) is 5.37. The fraction of sp³-hybridized carbons (Fsp3) is 0.636. The van der Waals surface area contributed by atoms with E-state index in [1.54, 1.807) is 0 Å². The van der Waals surface area contributed by atoms with Gasteiger partial charge in [0.15, 0.2) is 0 Å². The average Bonchev–Trinajstić information content (AvgIpc) is 2.71. The van der Waals surface area contributed by atoms with E-state index in [0.29, 0.717) is 12.0 Å². The minimum absolute atomic E-state index is 0.413. The van der Waals surface area contributed by atoms with E-state index in [9.17, 15) is 0 Å². The van der Waals surface area contributed by atoms with Gasteiger partial charge in [-0.05, 0) is 25.5 Å². The molecule has 0 amide bonds. The Kier molecular flexibility index (Phi) is 2.77. The summed E-state index contributed by atoms with van der Waals surface area (Å²) in [5.41, 5.74) is 1.15. The number of nitrogens with one attached hydrogen (secondary N) is 1. The Balaban J connectivity index is 2.21. The summed E-state index contributed by atoms with van der Waals surface area (Å²) in [5.74, 6) is 1.37. The maximum Gasteiger partial charge on any atom is 0.131 e. The van der Waals surface area contributed by atoms with Crippen molar-refractivity contribution >= 4 is 0 Å². The average molecular weight is 191 g/mol. The van der Waals surface area contributed by atoms with Crippen molar-refractivity contribution in [1.82, 2.24) is 15.3 Å². The lowest BCUT2D eigenvalue weighted by molar-refractivity contribution is 0.613. The van der Waals surface area contributed by atoms with Crippen LogP contribution in [-0.4, -0.2) is 16.5 Å². The zero-order chi connectivity index (χ0) is 9.97. The van der Waals surface area contributed by atoms with Gasteiger partial charge in [0, 0.05) is 18.2 Å². The number of hydrogen-bond donors (Lipinski definition) is 1. The van der Waals surface area contributed by atoms with Crippen LogP contribution >= 0.6 is 0 Å². The van der Waals surface area contributed by atoms with Crippen molar-refractivity contribution in [3.63, 3.8) is 0 Å². The van der Waals surface area contributed by atoms with Gasteiger partial charge < -0.3 is 5.32 Å². The fourth-order valence-corrected chi connectivity index (χ4v) is 1.80. The molecule has 14 heavy (non-hydrogen) atoms. The number of aromatic nitrogens is 2. The van der Waals surface area contributed by atoms with Crippen LogP contribution in [0.15, 0.2) is 12.3 Å². The SMILES string of the molecule is CC(C)c1nccc(C2CCCN2)n1. The summed E-state index contributed by atoms with van der Waals surface area (Å²) < 4.78 is 0. The molecule has 1 atom stereocenters. The standard InChI is InChI=1S/C11H17N3/c1-8(2)11-13-7-5-10(14-11)9-4-3-6-12-9/h5,7-9,12H,3-4,6H2,1-2H3. The molecule has 3 heteroatoms. The van der Waals surface area contributed by atoms with Crippen molar-refractivity contribution in [2.45, 2.75) is 38.6 Å². The van der Waals surface area contributed by atoms with E-state index in [1.165, 1.54) is 12.8 Å². The molecule has 0 aliphatic carbocycles. The molecule has 2 heterocycles. The smallest absolute Gasteiger partial charge is 0.131 e. The first-order chi connectivity index (χ1) is 6.77. The van der Waals surface area contributed by atoms with Gasteiger partial charge in [0.2, 0.25) is 0 Å². The highest BCUT2D eigenvalue weighted by Crippen LogP contribution is 2.21. The Morgan fingerprint density at radius 2 is 2.36 bits per heavy atom. The van der Waals surface area contributed by atoms with Crippen LogP contribution in [0.4, 0.5) is 0 Å². The van der Waals surface area contributed by atoms with E-state index in [2.05, 4.69) is 29.1 Å². The summed E-state index contributed by atoms with van der Waals surface area (Å²) in [4.78, 5) is 8.85. The summed E-state index contributed by atoms with van der Waals surface area (Å²) in [6, 6.07) is 2.48. The third-order valence-corrected chi connectivity index (χ3v) is 2.63. The number of hydrogen-bond acceptors (Lipinski definition) is 3. The van der Waals surface area contributed by atoms with Crippen LogP contribution in [0.25, 0.3) is 0 Å². The molecule has 2 rings (SSSR count). The summed E-state index contributed by atoms with van der Waals surface area (Å²) in [6.07, 6.45) is 4.33. The van der Waals surface area contributed by atoms with Gasteiger partial charge in [-0.25, -0.2) is 9.97 Å². The first kappa shape index (κ1) is 9.59. The highest BCUT2D eigenvalue weighted by Gasteiger charge is 2.18. The van der Waals surface area contributed by atoms with E-state index in [4.69, 9.17) is 0 Å². The van der Waals surface area contributed by atoms with E-state index >= 15 is 0 Å². The predicted octanol–water partition coefficient (Wildman–Crippen LogP) is 2.02. The first-order valence-electron chi connectivity index (χ1n) is 5.33. The lowest BCUT2D eigenvalue weighted by Crippen LogP contribution is -2.15. The Labute approximate surface area is 85.0 Å². The number of rotatable bonds is 2. The van der Waals surface area contributed by atoms with Gasteiger partial charge in [-0.2, -0.15) is 0 Å². The molecule has 1 saturated heterocycles. The van der Waals surface area contributed by atoms with Crippen molar-refractivity contribution in [3.8, 4) is 0 Å². The summed E-state index contributed by atoms with van der Waals surface area (Å²) >= 11 is 0. The molecule has 1 unspecified atom stereocenters. The van der Waals surface area contributed by atoms with Gasteiger partial charge in [0.05, 0.1) is 5.69 Å². The van der Waals surface area contributed by atoms with Crippen molar-refractivity contribution in [1.29, 1.82) is 0 Å². The second kappa shape index (κ2) is 4.05. The molecule has 0 radical (unpaired) electrons. The lowest BCUT2D eigenvalue weighted by Gasteiger charge is -2.11. The Hall–Kier alpha value is -0.960. The predicted molar refractivity (Wildman–Crippen MR) is 56.1 cm³/mol. The van der Waals surface area contributed by atoms with Crippen molar-refractivity contribution in [2.24, 2.45) is 0 Å². The molecule has 76 valence electrons. The quantitative estimate of drug-likeness (QED) is 0.777. The lowest BCUT2D eigenvalue weighted by atomic mass is 10.1. The van der Waals surface area contributed by atoms with Crippen molar-refractivity contribution < 1.29 is 0 Å². The van der Waals surface area contributed by atoms with Gasteiger partial charge in [0.25, 0.3) is 0 Å². The maximum atomic E-state index is 4.58. The highest BCUT2D eigenvalue weighted by atomic mass is 15.0. The monoisotopic (exact) mass is 191 g/mol. The topological polar surface area (TPSA) is 37.8 Å². The molecule has 0 aromatic carbocycles. The zero-order valence-corrected chi connectivity index (χ0v) is 8.83. The van der Waals surface area contributed by atoms with E-state index in [-0.39, 0.29) is 0 Å². The second-order valence-corrected chi connectivity index (χ2v) is 4.14. The van der Waals surface area contributed by atoms with Crippen LogP contribution < -0.4 is 5.32 Å². The van der Waals surface area contributed by atoms with Crippen molar-refractivity contribution in [3.05, 3.63) is 23.8 Å². The Morgan fingerprint density at radius 1 is 1.50 bits per heavy atom. The molecule has 0 saturated carbocycles. The van der Waals surface area contributed by atoms with Gasteiger partial charge >= 0.3 is 0 Å². The van der Waals surface area contributed by atoms with Crippen molar-refractivity contribution in [2.75, 3.05) is 6.54 Å². The summed E-state index contributed by atoms with van der Waals surface area (Å²) in [7, 11) is 0. The molecule has 0 spiro atoms. The molecular weight excluding hydrogens is 174 g/mol. The molecule has 1 fully saturated rings. The Morgan fingerprint density at radius 3 is 3.00 bits per heavy atom. The van der Waals surface area contributed by atoms with Gasteiger partial charge in [0.1, 0.15) is 5.82 Å². The minimum atomic E-state index is 0.413.